The van der Waals surface area contributed by atoms with E-state index >= 15 is 4.39 Å². The fourth-order valence-electron chi connectivity index (χ4n) is 5.14. The van der Waals surface area contributed by atoms with Crippen LogP contribution in [0.5, 0.6) is 0 Å². The minimum absolute atomic E-state index is 0.0739. The standard InChI is InChI=1S/C30H21Cl2FN2O5/c1-40-30(19-7-11-21(32)12-8-19)27-22(14-18(15-23(27)33)28(38)24-4-2-3-13-34-24)29(39)35(30)25(16-26(36)37)17-5-9-20(31)10-6-17/h2-15,25H,16H2,1H3,(H,36,37)/t25-,30+/m0/s1. The third-order valence-electron chi connectivity index (χ3n) is 6.84. The number of ketones is 1. The highest BCUT2D eigenvalue weighted by atomic mass is 35.5. The number of carbonyl (C=O) groups excluding carboxylic acids is 2. The van der Waals surface area contributed by atoms with E-state index in [0.29, 0.717) is 21.2 Å². The number of aromatic nitrogens is 1. The number of carboxylic acids is 1. The number of fused-ring (bicyclic) bond motifs is 1. The topological polar surface area (TPSA) is 96.8 Å². The molecule has 1 aliphatic rings. The molecule has 7 nitrogen and oxygen atoms in total. The Balaban J connectivity index is 1.78. The van der Waals surface area contributed by atoms with E-state index in [4.69, 9.17) is 27.9 Å². The van der Waals surface area contributed by atoms with Gasteiger partial charge in [0.25, 0.3) is 5.91 Å². The molecule has 2 atom stereocenters. The molecular weight excluding hydrogens is 558 g/mol. The van der Waals surface area contributed by atoms with Gasteiger partial charge in [0.05, 0.1) is 23.6 Å². The number of rotatable bonds is 8. The number of halogens is 3. The van der Waals surface area contributed by atoms with Crippen LogP contribution < -0.4 is 0 Å². The number of nitrogens with zero attached hydrogens (tertiary/aromatic N) is 2. The molecule has 0 saturated carbocycles. The number of carbonyl (C=O) groups is 3. The second-order valence-electron chi connectivity index (χ2n) is 9.12. The minimum atomic E-state index is -1.90. The molecule has 0 saturated heterocycles. The van der Waals surface area contributed by atoms with Crippen LogP contribution in [0.2, 0.25) is 10.0 Å². The van der Waals surface area contributed by atoms with Crippen molar-refractivity contribution in [1.29, 1.82) is 0 Å². The van der Waals surface area contributed by atoms with Crippen LogP contribution in [0.15, 0.2) is 85.1 Å². The Kier molecular flexibility index (Phi) is 7.42. The van der Waals surface area contributed by atoms with Crippen molar-refractivity contribution in [3.05, 3.63) is 134 Å². The van der Waals surface area contributed by atoms with E-state index in [2.05, 4.69) is 4.98 Å². The average Bonchev–Trinajstić information content (AvgIpc) is 3.21. The maximum absolute atomic E-state index is 16.2. The zero-order valence-electron chi connectivity index (χ0n) is 21.0. The van der Waals surface area contributed by atoms with Gasteiger partial charge in [-0.25, -0.2) is 4.39 Å². The summed E-state index contributed by atoms with van der Waals surface area (Å²) < 4.78 is 22.2. The van der Waals surface area contributed by atoms with Crippen molar-refractivity contribution in [2.75, 3.05) is 7.11 Å². The van der Waals surface area contributed by atoms with Crippen LogP contribution in [-0.2, 0) is 15.3 Å². The molecule has 4 aromatic rings. The highest BCUT2D eigenvalue weighted by molar-refractivity contribution is 6.30. The molecule has 3 aromatic carbocycles. The summed E-state index contributed by atoms with van der Waals surface area (Å²) in [7, 11) is 1.30. The first kappa shape index (κ1) is 27.5. The number of pyridine rings is 1. The number of methoxy groups -OCH3 is 1. The van der Waals surface area contributed by atoms with E-state index < -0.39 is 41.7 Å². The summed E-state index contributed by atoms with van der Waals surface area (Å²) in [6.07, 6.45) is 0.907. The van der Waals surface area contributed by atoms with Crippen LogP contribution in [0.4, 0.5) is 4.39 Å². The molecule has 5 rings (SSSR count). The monoisotopic (exact) mass is 578 g/mol. The Labute approximate surface area is 238 Å². The number of aliphatic carboxylic acids is 1. The Morgan fingerprint density at radius 1 is 1.02 bits per heavy atom. The molecule has 202 valence electrons. The van der Waals surface area contributed by atoms with Crippen LogP contribution >= 0.6 is 23.2 Å². The Hall–Kier alpha value is -4.11. The van der Waals surface area contributed by atoms with Gasteiger partial charge in [-0.05, 0) is 54.1 Å². The lowest BCUT2D eigenvalue weighted by Gasteiger charge is -2.42. The highest BCUT2D eigenvalue weighted by Crippen LogP contribution is 2.51. The summed E-state index contributed by atoms with van der Waals surface area (Å²) in [4.78, 5) is 44.7. The first-order valence-corrected chi connectivity index (χ1v) is 12.8. The van der Waals surface area contributed by atoms with Crippen LogP contribution in [0.25, 0.3) is 0 Å². The predicted octanol–water partition coefficient (Wildman–Crippen LogP) is 6.28. The SMILES string of the molecule is CO[C@]1(c2ccc(Cl)cc2)c2c(F)cc(C(=O)c3ccccn3)cc2C(=O)N1[C@@H](CC(=O)O)c1ccc(Cl)cc1. The average molecular weight is 579 g/mol. The minimum Gasteiger partial charge on any atom is -0.481 e. The van der Waals surface area contributed by atoms with Crippen molar-refractivity contribution in [3.8, 4) is 0 Å². The third kappa shape index (κ3) is 4.64. The Morgan fingerprint density at radius 2 is 1.68 bits per heavy atom. The van der Waals surface area contributed by atoms with E-state index in [-0.39, 0.29) is 22.4 Å². The van der Waals surface area contributed by atoms with Gasteiger partial charge < -0.3 is 9.84 Å². The molecule has 1 N–H and O–H groups in total. The van der Waals surface area contributed by atoms with Gasteiger partial charge in [-0.2, -0.15) is 0 Å². The highest BCUT2D eigenvalue weighted by Gasteiger charge is 2.56. The molecule has 0 bridgehead atoms. The lowest BCUT2D eigenvalue weighted by Crippen LogP contribution is -2.49. The molecule has 1 amide bonds. The first-order chi connectivity index (χ1) is 19.2. The number of hydrogen-bond donors (Lipinski definition) is 1. The maximum atomic E-state index is 16.2. The van der Waals surface area contributed by atoms with E-state index in [1.807, 2.05) is 0 Å². The number of ether oxygens (including phenoxy) is 1. The summed E-state index contributed by atoms with van der Waals surface area (Å²) in [5.41, 5.74) is -1.43. The Bertz CT molecular complexity index is 1610. The second-order valence-corrected chi connectivity index (χ2v) is 9.99. The van der Waals surface area contributed by atoms with Gasteiger partial charge in [0.2, 0.25) is 5.78 Å². The van der Waals surface area contributed by atoms with Crippen molar-refractivity contribution in [2.45, 2.75) is 18.2 Å². The van der Waals surface area contributed by atoms with Crippen molar-refractivity contribution < 1.29 is 28.6 Å². The largest absolute Gasteiger partial charge is 0.481 e. The fraction of sp³-hybridized carbons (Fsp3) is 0.133. The number of benzene rings is 3. The molecule has 0 spiro atoms. The van der Waals surface area contributed by atoms with E-state index in [0.717, 1.165) is 6.07 Å². The molecule has 0 aliphatic carbocycles. The maximum Gasteiger partial charge on any atom is 0.305 e. The van der Waals surface area contributed by atoms with Gasteiger partial charge in [-0.15, -0.1) is 0 Å². The first-order valence-electron chi connectivity index (χ1n) is 12.1. The van der Waals surface area contributed by atoms with Gasteiger partial charge in [0.15, 0.2) is 5.72 Å². The molecular formula is C30H21Cl2FN2O5. The van der Waals surface area contributed by atoms with Crippen molar-refractivity contribution >= 4 is 40.9 Å². The van der Waals surface area contributed by atoms with Gasteiger partial charge in [-0.1, -0.05) is 53.5 Å². The van der Waals surface area contributed by atoms with Crippen molar-refractivity contribution in [3.63, 3.8) is 0 Å². The zero-order valence-corrected chi connectivity index (χ0v) is 22.5. The molecule has 1 aliphatic heterocycles. The van der Waals surface area contributed by atoms with Gasteiger partial charge in [0, 0.05) is 34.5 Å². The smallest absolute Gasteiger partial charge is 0.305 e. The van der Waals surface area contributed by atoms with Crippen LogP contribution in [0.1, 0.15) is 55.6 Å². The number of hydrogen-bond acceptors (Lipinski definition) is 5. The third-order valence-corrected chi connectivity index (χ3v) is 7.35. The molecule has 1 aromatic heterocycles. The normalized spacial score (nSPS) is 17.0. The van der Waals surface area contributed by atoms with Crippen LogP contribution in [-0.4, -0.2) is 39.8 Å². The van der Waals surface area contributed by atoms with Crippen molar-refractivity contribution in [1.82, 2.24) is 9.88 Å². The van der Waals surface area contributed by atoms with Gasteiger partial charge in [0.1, 0.15) is 11.5 Å². The quantitative estimate of drug-likeness (QED) is 0.247. The molecule has 0 fully saturated rings. The zero-order chi connectivity index (χ0) is 28.6. The molecule has 0 unspecified atom stereocenters. The molecule has 40 heavy (non-hydrogen) atoms. The summed E-state index contributed by atoms with van der Waals surface area (Å²) in [5.74, 6) is -3.38. The number of carboxylic acid groups (broad SMARTS) is 1. The van der Waals surface area contributed by atoms with Crippen LogP contribution in [0.3, 0.4) is 0 Å². The van der Waals surface area contributed by atoms with Gasteiger partial charge >= 0.3 is 5.97 Å². The predicted molar refractivity (Wildman–Crippen MR) is 146 cm³/mol. The van der Waals surface area contributed by atoms with Crippen LogP contribution in [0, 0.1) is 5.82 Å². The van der Waals surface area contributed by atoms with E-state index in [1.54, 1.807) is 60.7 Å². The number of amides is 1. The van der Waals surface area contributed by atoms with Crippen molar-refractivity contribution in [2.24, 2.45) is 0 Å². The van der Waals surface area contributed by atoms with E-state index in [1.165, 1.54) is 30.3 Å². The summed E-state index contributed by atoms with van der Waals surface area (Å²) >= 11 is 12.2. The fourth-order valence-corrected chi connectivity index (χ4v) is 5.39. The lowest BCUT2D eigenvalue weighted by molar-refractivity contribution is -0.142. The molecule has 2 heterocycles. The summed E-state index contributed by atoms with van der Waals surface area (Å²) in [6.45, 7) is 0. The summed E-state index contributed by atoms with van der Waals surface area (Å²) in [5, 5.41) is 10.7. The second kappa shape index (κ2) is 10.8. The molecule has 10 heteroatoms. The van der Waals surface area contributed by atoms with E-state index in [9.17, 15) is 19.5 Å². The summed E-state index contributed by atoms with van der Waals surface area (Å²) in [6, 6.07) is 18.6. The Morgan fingerprint density at radius 3 is 2.25 bits per heavy atom. The lowest BCUT2D eigenvalue weighted by atomic mass is 9.89. The molecule has 0 radical (unpaired) electrons. The van der Waals surface area contributed by atoms with Gasteiger partial charge in [-0.3, -0.25) is 24.3 Å².